The Morgan fingerprint density at radius 2 is 2.00 bits per heavy atom. The van der Waals surface area contributed by atoms with E-state index in [0.29, 0.717) is 5.56 Å². The Hall–Kier alpha value is -3.46. The molecular weight excluding hydrogens is 449 g/mol. The van der Waals surface area contributed by atoms with E-state index in [1.807, 2.05) is 0 Å². The van der Waals surface area contributed by atoms with Gasteiger partial charge in [0.05, 0.1) is 16.8 Å². The van der Waals surface area contributed by atoms with Gasteiger partial charge in [-0.2, -0.15) is 5.10 Å². The quantitative estimate of drug-likeness (QED) is 0.575. The van der Waals surface area contributed by atoms with Crippen LogP contribution in [0.1, 0.15) is 46.4 Å². The molecular formula is C23H21ClFN5O3. The van der Waals surface area contributed by atoms with E-state index in [1.54, 1.807) is 24.4 Å². The fourth-order valence-corrected chi connectivity index (χ4v) is 4.92. The van der Waals surface area contributed by atoms with Gasteiger partial charge in [0.2, 0.25) is 5.88 Å². The third-order valence-corrected chi connectivity index (χ3v) is 6.65. The van der Waals surface area contributed by atoms with Gasteiger partial charge in [-0.3, -0.25) is 9.59 Å². The average molecular weight is 470 g/mol. The highest BCUT2D eigenvalue weighted by molar-refractivity contribution is 6.30. The Labute approximate surface area is 193 Å². The first kappa shape index (κ1) is 21.4. The lowest BCUT2D eigenvalue weighted by atomic mass is 9.53. The van der Waals surface area contributed by atoms with Gasteiger partial charge in [0.1, 0.15) is 17.4 Å². The lowest BCUT2D eigenvalue weighted by Crippen LogP contribution is -2.58. The summed E-state index contributed by atoms with van der Waals surface area (Å²) in [4.78, 5) is 28.2. The molecule has 8 nitrogen and oxygen atoms in total. The number of primary amides is 1. The van der Waals surface area contributed by atoms with Gasteiger partial charge in [0, 0.05) is 18.4 Å². The number of amides is 2. The van der Waals surface area contributed by atoms with Crippen LogP contribution in [-0.4, -0.2) is 38.7 Å². The molecule has 2 fully saturated rings. The summed E-state index contributed by atoms with van der Waals surface area (Å²) in [5, 5.41) is 7.09. The van der Waals surface area contributed by atoms with Gasteiger partial charge in [-0.1, -0.05) is 17.7 Å². The van der Waals surface area contributed by atoms with Gasteiger partial charge < -0.3 is 15.8 Å². The molecule has 0 atom stereocenters. The van der Waals surface area contributed by atoms with Gasteiger partial charge >= 0.3 is 0 Å². The SMILES string of the molecule is NC(=O)c1cccnc1OC1CC2(CC(NC(=O)c3cnn(-c4cccc(Cl)c4F)c3)C2)C1. The minimum Gasteiger partial charge on any atom is -0.474 e. The van der Waals surface area contributed by atoms with Crippen LogP contribution < -0.4 is 15.8 Å². The molecule has 3 aromatic rings. The Kier molecular flexibility index (Phi) is 5.28. The minimum atomic E-state index is -0.592. The molecule has 1 spiro atoms. The molecule has 170 valence electrons. The second kappa shape index (κ2) is 8.15. The van der Waals surface area contributed by atoms with Crippen LogP contribution in [0.15, 0.2) is 48.9 Å². The van der Waals surface area contributed by atoms with E-state index in [9.17, 15) is 14.0 Å². The van der Waals surface area contributed by atoms with E-state index >= 15 is 0 Å². The molecule has 5 rings (SSSR count). The van der Waals surface area contributed by atoms with Crippen molar-refractivity contribution in [3.8, 4) is 11.6 Å². The normalized spacial score (nSPS) is 23.5. The first-order valence-electron chi connectivity index (χ1n) is 10.5. The van der Waals surface area contributed by atoms with E-state index in [2.05, 4.69) is 15.4 Å². The number of ether oxygens (including phenoxy) is 1. The van der Waals surface area contributed by atoms with Crippen molar-refractivity contribution < 1.29 is 18.7 Å². The van der Waals surface area contributed by atoms with E-state index in [4.69, 9.17) is 22.1 Å². The van der Waals surface area contributed by atoms with Crippen LogP contribution >= 0.6 is 11.6 Å². The van der Waals surface area contributed by atoms with Crippen molar-refractivity contribution in [1.82, 2.24) is 20.1 Å². The maximum absolute atomic E-state index is 14.2. The predicted octanol–water partition coefficient (Wildman–Crippen LogP) is 3.28. The molecule has 2 heterocycles. The molecule has 0 saturated heterocycles. The third-order valence-electron chi connectivity index (χ3n) is 6.35. The van der Waals surface area contributed by atoms with Crippen molar-refractivity contribution in [3.63, 3.8) is 0 Å². The highest BCUT2D eigenvalue weighted by Gasteiger charge is 2.54. The number of aromatic nitrogens is 3. The number of nitrogens with zero attached hydrogens (tertiary/aromatic N) is 3. The van der Waals surface area contributed by atoms with Gasteiger partial charge in [-0.15, -0.1) is 0 Å². The Morgan fingerprint density at radius 1 is 1.21 bits per heavy atom. The number of benzene rings is 1. The smallest absolute Gasteiger partial charge is 0.254 e. The fraction of sp³-hybridized carbons (Fsp3) is 0.304. The molecule has 3 N–H and O–H groups in total. The van der Waals surface area contributed by atoms with Crippen LogP contribution in [0.5, 0.6) is 5.88 Å². The predicted molar refractivity (Wildman–Crippen MR) is 118 cm³/mol. The lowest BCUT2D eigenvalue weighted by Gasteiger charge is -2.57. The van der Waals surface area contributed by atoms with Gasteiger partial charge in [-0.25, -0.2) is 14.1 Å². The van der Waals surface area contributed by atoms with E-state index in [1.165, 1.54) is 29.2 Å². The largest absolute Gasteiger partial charge is 0.474 e. The van der Waals surface area contributed by atoms with Crippen LogP contribution in [0.3, 0.4) is 0 Å². The zero-order chi connectivity index (χ0) is 23.2. The molecule has 0 radical (unpaired) electrons. The summed E-state index contributed by atoms with van der Waals surface area (Å²) in [5.41, 5.74) is 6.31. The second-order valence-electron chi connectivity index (χ2n) is 8.69. The summed E-state index contributed by atoms with van der Waals surface area (Å²) in [5.74, 6) is -1.15. The van der Waals surface area contributed by atoms with Crippen LogP contribution in [0.2, 0.25) is 5.02 Å². The number of hydrogen-bond donors (Lipinski definition) is 2. The number of hydrogen-bond acceptors (Lipinski definition) is 5. The molecule has 2 aliphatic rings. The summed E-state index contributed by atoms with van der Waals surface area (Å²) < 4.78 is 21.4. The first-order valence-corrected chi connectivity index (χ1v) is 10.9. The number of rotatable bonds is 6. The highest BCUT2D eigenvalue weighted by atomic mass is 35.5. The van der Waals surface area contributed by atoms with E-state index in [0.717, 1.165) is 25.7 Å². The van der Waals surface area contributed by atoms with Crippen molar-refractivity contribution in [2.24, 2.45) is 11.1 Å². The van der Waals surface area contributed by atoms with Crippen LogP contribution in [0.25, 0.3) is 5.69 Å². The van der Waals surface area contributed by atoms with E-state index < -0.39 is 11.7 Å². The van der Waals surface area contributed by atoms with Crippen molar-refractivity contribution in [3.05, 3.63) is 70.9 Å². The van der Waals surface area contributed by atoms with Gasteiger partial charge in [-0.05, 0) is 55.4 Å². The zero-order valence-corrected chi connectivity index (χ0v) is 18.3. The number of halogens is 2. The number of nitrogens with one attached hydrogen (secondary N) is 1. The Morgan fingerprint density at radius 3 is 2.76 bits per heavy atom. The molecule has 10 heteroatoms. The van der Waals surface area contributed by atoms with Crippen molar-refractivity contribution in [2.45, 2.75) is 37.8 Å². The second-order valence-corrected chi connectivity index (χ2v) is 9.10. The lowest BCUT2D eigenvalue weighted by molar-refractivity contribution is -0.0848. The molecule has 2 aromatic heterocycles. The molecule has 2 saturated carbocycles. The molecule has 0 bridgehead atoms. The standard InChI is InChI=1S/C23H21ClFN5O3/c24-17-4-1-5-18(19(17)25)30-12-13(11-28-30)21(32)29-14-7-23(8-14)9-15(10-23)33-22-16(20(26)31)3-2-6-27-22/h1-6,11-12,14-15H,7-10H2,(H2,26,31)(H,29,32). The number of nitrogens with two attached hydrogens (primary N) is 1. The van der Waals surface area contributed by atoms with Crippen molar-refractivity contribution in [1.29, 1.82) is 0 Å². The molecule has 2 amide bonds. The van der Waals surface area contributed by atoms with Crippen LogP contribution in [0.4, 0.5) is 4.39 Å². The molecule has 0 unspecified atom stereocenters. The van der Waals surface area contributed by atoms with Crippen molar-refractivity contribution >= 4 is 23.4 Å². The fourth-order valence-electron chi connectivity index (χ4n) is 4.75. The summed E-state index contributed by atoms with van der Waals surface area (Å²) in [6.07, 6.45) is 7.78. The summed E-state index contributed by atoms with van der Waals surface area (Å²) >= 11 is 5.82. The molecule has 2 aliphatic carbocycles. The summed E-state index contributed by atoms with van der Waals surface area (Å²) in [6, 6.07) is 7.90. The molecule has 33 heavy (non-hydrogen) atoms. The molecule has 0 aliphatic heterocycles. The topological polar surface area (TPSA) is 112 Å². The minimum absolute atomic E-state index is 0.00885. The summed E-state index contributed by atoms with van der Waals surface area (Å²) in [6.45, 7) is 0. The van der Waals surface area contributed by atoms with Crippen LogP contribution in [0, 0.1) is 11.2 Å². The highest BCUT2D eigenvalue weighted by Crippen LogP contribution is 2.56. The van der Waals surface area contributed by atoms with Gasteiger partial charge in [0.25, 0.3) is 11.8 Å². The number of carbonyl (C=O) groups is 2. The number of pyridine rings is 1. The maximum Gasteiger partial charge on any atom is 0.254 e. The van der Waals surface area contributed by atoms with E-state index in [-0.39, 0.29) is 45.6 Å². The number of carbonyl (C=O) groups excluding carboxylic acids is 2. The maximum atomic E-state index is 14.2. The van der Waals surface area contributed by atoms with Crippen molar-refractivity contribution in [2.75, 3.05) is 0 Å². The summed E-state index contributed by atoms with van der Waals surface area (Å²) in [7, 11) is 0. The zero-order valence-electron chi connectivity index (χ0n) is 17.5. The molecule has 1 aromatic carbocycles. The monoisotopic (exact) mass is 469 g/mol. The third kappa shape index (κ3) is 4.04. The van der Waals surface area contributed by atoms with Gasteiger partial charge in [0.15, 0.2) is 5.82 Å². The Balaban J connectivity index is 1.13. The first-order chi connectivity index (χ1) is 15.8. The Bertz CT molecular complexity index is 1230. The van der Waals surface area contributed by atoms with Crippen LogP contribution in [-0.2, 0) is 0 Å². The average Bonchev–Trinajstić information content (AvgIpc) is 3.23.